The fourth-order valence-electron chi connectivity index (χ4n) is 5.75. The molecule has 1 unspecified atom stereocenters. The number of rotatable bonds is 6. The molecule has 8 nitrogen and oxygen atoms in total. The number of ether oxygens (including phenoxy) is 1. The van der Waals surface area contributed by atoms with E-state index in [0.717, 1.165) is 16.7 Å². The number of nitrogens with zero attached hydrogens (tertiary/aromatic N) is 3. The first-order chi connectivity index (χ1) is 18.1. The lowest BCUT2D eigenvalue weighted by atomic mass is 9.75. The Morgan fingerprint density at radius 3 is 1.97 bits per heavy atom. The smallest absolute Gasteiger partial charge is 0.276 e. The van der Waals surface area contributed by atoms with Gasteiger partial charge in [-0.2, -0.15) is 0 Å². The highest BCUT2D eigenvalue weighted by molar-refractivity contribution is 5.76. The molecule has 37 heavy (non-hydrogen) atoms. The first-order valence-corrected chi connectivity index (χ1v) is 12.5. The average molecular weight is 496 g/mol. The van der Waals surface area contributed by atoms with E-state index in [-0.39, 0.29) is 12.1 Å². The minimum atomic E-state index is -0.853. The lowest BCUT2D eigenvalue weighted by Gasteiger charge is -2.44. The summed E-state index contributed by atoms with van der Waals surface area (Å²) in [5.74, 6) is 0.519. The number of nitrogens with one attached hydrogen (secondary N) is 1. The number of hydrogen-bond donors (Lipinski definition) is 3. The zero-order chi connectivity index (χ0) is 25.4. The van der Waals surface area contributed by atoms with Crippen LogP contribution in [0, 0.1) is 0 Å². The van der Waals surface area contributed by atoms with Gasteiger partial charge in [-0.05, 0) is 16.7 Å². The van der Waals surface area contributed by atoms with E-state index in [0.29, 0.717) is 24.6 Å². The summed E-state index contributed by atoms with van der Waals surface area (Å²) in [6, 6.07) is 30.6. The molecule has 0 aliphatic carbocycles. The summed E-state index contributed by atoms with van der Waals surface area (Å²) in [7, 11) is 0. The van der Waals surface area contributed by atoms with Gasteiger partial charge in [0.05, 0.1) is 25.2 Å². The van der Waals surface area contributed by atoms with E-state index in [9.17, 15) is 9.90 Å². The first kappa shape index (κ1) is 23.4. The number of nitrogens with two attached hydrogens (primary N) is 1. The molecule has 1 aromatic heterocycles. The van der Waals surface area contributed by atoms with Gasteiger partial charge in [0.15, 0.2) is 5.82 Å². The van der Waals surface area contributed by atoms with Crippen molar-refractivity contribution < 1.29 is 9.84 Å². The molecule has 0 amide bonds. The van der Waals surface area contributed by atoms with Gasteiger partial charge in [-0.3, -0.25) is 4.79 Å². The molecule has 3 heterocycles. The summed E-state index contributed by atoms with van der Waals surface area (Å²) in [6.45, 7) is 0.537. The predicted octanol–water partition coefficient (Wildman–Crippen LogP) is 2.78. The number of aliphatic hydroxyl groups is 1. The quantitative estimate of drug-likeness (QED) is 0.353. The maximum atomic E-state index is 13.5. The lowest BCUT2D eigenvalue weighted by Crippen LogP contribution is -2.52. The van der Waals surface area contributed by atoms with Gasteiger partial charge < -0.3 is 30.4 Å². The van der Waals surface area contributed by atoms with Crippen LogP contribution in [0.4, 0.5) is 11.5 Å². The van der Waals surface area contributed by atoms with Gasteiger partial charge in [0.1, 0.15) is 17.5 Å². The Bertz CT molecular complexity index is 1320. The van der Waals surface area contributed by atoms with Crippen molar-refractivity contribution in [1.29, 1.82) is 0 Å². The van der Waals surface area contributed by atoms with E-state index in [2.05, 4.69) is 51.3 Å². The van der Waals surface area contributed by atoms with Crippen molar-refractivity contribution in [3.05, 3.63) is 124 Å². The summed E-state index contributed by atoms with van der Waals surface area (Å²) in [4.78, 5) is 25.0. The second-order valence-corrected chi connectivity index (χ2v) is 9.42. The van der Waals surface area contributed by atoms with Gasteiger partial charge in [-0.25, -0.2) is 4.98 Å². The van der Waals surface area contributed by atoms with Crippen LogP contribution in [0.25, 0.3) is 0 Å². The average Bonchev–Trinajstić information content (AvgIpc) is 3.52. The third kappa shape index (κ3) is 3.72. The van der Waals surface area contributed by atoms with Crippen LogP contribution in [0.1, 0.15) is 23.1 Å². The summed E-state index contributed by atoms with van der Waals surface area (Å²) in [5, 5.41) is 10.5. The van der Waals surface area contributed by atoms with E-state index in [1.165, 1.54) is 6.33 Å². The van der Waals surface area contributed by atoms with Crippen molar-refractivity contribution in [3.63, 3.8) is 0 Å². The van der Waals surface area contributed by atoms with Crippen molar-refractivity contribution in [1.82, 2.24) is 9.97 Å². The lowest BCUT2D eigenvalue weighted by molar-refractivity contribution is 0.0154. The Hall–Kier alpha value is -3.98. The highest BCUT2D eigenvalue weighted by atomic mass is 16.5. The molecule has 1 saturated heterocycles. The normalized spacial score (nSPS) is 21.3. The molecular formula is C29H29N5O3. The summed E-state index contributed by atoms with van der Waals surface area (Å²) < 4.78 is 6.15. The van der Waals surface area contributed by atoms with Gasteiger partial charge in [-0.15, -0.1) is 0 Å². The number of hydrogen-bond acceptors (Lipinski definition) is 7. The van der Waals surface area contributed by atoms with Crippen LogP contribution in [0.5, 0.6) is 0 Å². The number of benzene rings is 3. The van der Waals surface area contributed by atoms with Crippen LogP contribution < -0.4 is 21.1 Å². The topological polar surface area (TPSA) is 108 Å². The van der Waals surface area contributed by atoms with E-state index in [1.807, 2.05) is 59.5 Å². The third-order valence-electron chi connectivity index (χ3n) is 7.41. The van der Waals surface area contributed by atoms with Crippen LogP contribution in [0.3, 0.4) is 0 Å². The van der Waals surface area contributed by atoms with Crippen LogP contribution in [-0.4, -0.2) is 46.7 Å². The molecule has 0 bridgehead atoms. The third-order valence-corrected chi connectivity index (χ3v) is 7.41. The van der Waals surface area contributed by atoms with Crippen molar-refractivity contribution in [2.45, 2.75) is 30.4 Å². The zero-order valence-corrected chi connectivity index (χ0v) is 20.3. The largest absolute Gasteiger partial charge is 0.390 e. The minimum absolute atomic E-state index is 0.215. The van der Waals surface area contributed by atoms with Crippen LogP contribution >= 0.6 is 0 Å². The van der Waals surface area contributed by atoms with E-state index < -0.39 is 24.0 Å². The standard InChI is InChI=1S/C29H29N5O3/c30-17-24-23(35)16-25(37-24)33-19-34(26-27(33)31-18-32-28(26)36)29(20-10-4-1-5-11-20,21-12-6-2-7-13-21)22-14-8-3-9-15-22/h1-15,18,23-25,35H,16-17,19,30H2,(H,31,32,36)/t23?,24-,25-/m1/s1. The summed E-state index contributed by atoms with van der Waals surface area (Å²) in [5.41, 5.74) is 8.23. The number of anilines is 2. The number of aliphatic hydroxyl groups excluding tert-OH is 1. The highest BCUT2D eigenvalue weighted by Crippen LogP contribution is 2.49. The Balaban J connectivity index is 1.61. The Kier molecular flexibility index (Phi) is 6.00. The molecule has 6 rings (SSSR count). The monoisotopic (exact) mass is 495 g/mol. The number of fused-ring (bicyclic) bond motifs is 1. The SMILES string of the molecule is NC[C@H]1O[C@@H](N2CN(C(c3ccccc3)(c3ccccc3)c3ccccc3)c3c2nc[nH]c3=O)CC1O. The van der Waals surface area contributed by atoms with Gasteiger partial charge in [-0.1, -0.05) is 91.0 Å². The molecule has 0 radical (unpaired) electrons. The van der Waals surface area contributed by atoms with Gasteiger partial charge >= 0.3 is 0 Å². The Labute approximate surface area is 215 Å². The van der Waals surface area contributed by atoms with E-state index in [4.69, 9.17) is 10.5 Å². The molecule has 2 aliphatic heterocycles. The molecule has 3 atom stereocenters. The Morgan fingerprint density at radius 1 is 0.946 bits per heavy atom. The maximum absolute atomic E-state index is 13.5. The molecule has 188 valence electrons. The van der Waals surface area contributed by atoms with Crippen molar-refractivity contribution in [3.8, 4) is 0 Å². The van der Waals surface area contributed by atoms with Crippen molar-refractivity contribution >= 4 is 11.5 Å². The minimum Gasteiger partial charge on any atom is -0.390 e. The predicted molar refractivity (Wildman–Crippen MR) is 142 cm³/mol. The highest BCUT2D eigenvalue weighted by Gasteiger charge is 2.50. The van der Waals surface area contributed by atoms with E-state index in [1.54, 1.807) is 0 Å². The molecule has 1 fully saturated rings. The second kappa shape index (κ2) is 9.48. The van der Waals surface area contributed by atoms with Crippen molar-refractivity contribution in [2.75, 3.05) is 23.0 Å². The van der Waals surface area contributed by atoms with Crippen molar-refractivity contribution in [2.24, 2.45) is 5.73 Å². The molecule has 4 aromatic rings. The van der Waals surface area contributed by atoms with Crippen LogP contribution in [0.15, 0.2) is 102 Å². The van der Waals surface area contributed by atoms with Crippen LogP contribution in [0.2, 0.25) is 0 Å². The molecule has 4 N–H and O–H groups in total. The number of aromatic nitrogens is 2. The zero-order valence-electron chi connectivity index (χ0n) is 20.3. The second-order valence-electron chi connectivity index (χ2n) is 9.42. The molecule has 8 heteroatoms. The number of aromatic amines is 1. The van der Waals surface area contributed by atoms with Crippen LogP contribution in [-0.2, 0) is 10.3 Å². The molecule has 3 aromatic carbocycles. The molecule has 2 aliphatic rings. The molecule has 0 saturated carbocycles. The van der Waals surface area contributed by atoms with Gasteiger partial charge in [0.2, 0.25) is 0 Å². The van der Waals surface area contributed by atoms with E-state index >= 15 is 0 Å². The van der Waals surface area contributed by atoms with Gasteiger partial charge in [0.25, 0.3) is 5.56 Å². The first-order valence-electron chi connectivity index (χ1n) is 12.5. The summed E-state index contributed by atoms with van der Waals surface area (Å²) in [6.07, 6.45) is 0.169. The Morgan fingerprint density at radius 2 is 1.49 bits per heavy atom. The van der Waals surface area contributed by atoms with Gasteiger partial charge in [0, 0.05) is 13.0 Å². The number of H-pyrrole nitrogens is 1. The fraction of sp³-hybridized carbons (Fsp3) is 0.241. The fourth-order valence-corrected chi connectivity index (χ4v) is 5.75. The maximum Gasteiger partial charge on any atom is 0.276 e. The molecule has 0 spiro atoms. The molecular weight excluding hydrogens is 466 g/mol. The summed E-state index contributed by atoms with van der Waals surface area (Å²) >= 11 is 0.